The Balaban J connectivity index is 2.07. The van der Waals surface area contributed by atoms with Gasteiger partial charge in [-0.2, -0.15) is 0 Å². The van der Waals surface area contributed by atoms with Crippen molar-refractivity contribution < 1.29 is 14.3 Å². The highest BCUT2D eigenvalue weighted by atomic mass is 16.4. The molecule has 2 aromatic rings. The molecular weight excluding hydrogens is 282 g/mol. The highest BCUT2D eigenvalue weighted by Gasteiger charge is 2.22. The Morgan fingerprint density at radius 3 is 2.68 bits per heavy atom. The second kappa shape index (κ2) is 6.32. The van der Waals surface area contributed by atoms with E-state index in [0.717, 1.165) is 0 Å². The Kier molecular flexibility index (Phi) is 4.66. The minimum absolute atomic E-state index is 0.0241. The molecule has 118 valence electrons. The van der Waals surface area contributed by atoms with E-state index < -0.39 is 17.6 Å². The first-order chi connectivity index (χ1) is 10.3. The van der Waals surface area contributed by atoms with Crippen molar-refractivity contribution >= 4 is 16.9 Å². The van der Waals surface area contributed by atoms with Crippen LogP contribution >= 0.6 is 0 Å². The van der Waals surface area contributed by atoms with Crippen LogP contribution < -0.4 is 10.9 Å². The van der Waals surface area contributed by atoms with Gasteiger partial charge >= 0.3 is 5.63 Å². The number of aliphatic hydroxyl groups is 1. The average molecular weight is 303 g/mol. The molecule has 2 N–H and O–H groups in total. The van der Waals surface area contributed by atoms with Gasteiger partial charge in [-0.05, 0) is 24.0 Å². The summed E-state index contributed by atoms with van der Waals surface area (Å²) in [4.78, 5) is 23.9. The highest BCUT2D eigenvalue weighted by Crippen LogP contribution is 2.21. The summed E-state index contributed by atoms with van der Waals surface area (Å²) in [7, 11) is 0. The number of benzene rings is 1. The number of nitrogens with one attached hydrogen (secondary N) is 1. The lowest BCUT2D eigenvalue weighted by molar-refractivity contribution is 0.0551. The maximum atomic E-state index is 12.1. The van der Waals surface area contributed by atoms with E-state index in [1.54, 1.807) is 18.2 Å². The van der Waals surface area contributed by atoms with Crippen LogP contribution in [0, 0.1) is 5.41 Å². The molecule has 0 aliphatic rings. The van der Waals surface area contributed by atoms with Crippen molar-refractivity contribution in [2.75, 3.05) is 6.54 Å². The fourth-order valence-corrected chi connectivity index (χ4v) is 2.07. The summed E-state index contributed by atoms with van der Waals surface area (Å²) in [5.41, 5.74) is -0.476. The van der Waals surface area contributed by atoms with E-state index in [1.807, 2.05) is 26.8 Å². The Bertz CT molecular complexity index is 727. The van der Waals surface area contributed by atoms with Crippen molar-refractivity contribution in [3.63, 3.8) is 0 Å². The molecule has 2 rings (SSSR count). The van der Waals surface area contributed by atoms with Crippen LogP contribution in [0.4, 0.5) is 0 Å². The first-order valence-electron chi connectivity index (χ1n) is 7.28. The molecule has 0 spiro atoms. The van der Waals surface area contributed by atoms with E-state index in [-0.39, 0.29) is 11.0 Å². The molecule has 0 fully saturated rings. The fourth-order valence-electron chi connectivity index (χ4n) is 2.07. The Labute approximate surface area is 129 Å². The van der Waals surface area contributed by atoms with Crippen LogP contribution in [0.1, 0.15) is 37.6 Å². The van der Waals surface area contributed by atoms with E-state index in [2.05, 4.69) is 5.32 Å². The maximum Gasteiger partial charge on any atom is 0.349 e. The number of hydrogen-bond acceptors (Lipinski definition) is 4. The molecule has 1 heterocycles. The van der Waals surface area contributed by atoms with Crippen LogP contribution in [0.5, 0.6) is 0 Å². The Morgan fingerprint density at radius 2 is 2.00 bits per heavy atom. The molecule has 5 nitrogen and oxygen atoms in total. The lowest BCUT2D eigenvalue weighted by Crippen LogP contribution is -2.34. The fraction of sp³-hybridized carbons (Fsp3) is 0.412. The van der Waals surface area contributed by atoms with Crippen LogP contribution in [-0.2, 0) is 0 Å². The monoisotopic (exact) mass is 303 g/mol. The number of para-hydroxylation sites is 1. The summed E-state index contributed by atoms with van der Waals surface area (Å²) < 4.78 is 5.13. The van der Waals surface area contributed by atoms with Crippen molar-refractivity contribution in [1.82, 2.24) is 5.32 Å². The number of carbonyl (C=O) groups excluding carboxylic acids is 1. The molecule has 1 amide bonds. The normalized spacial score (nSPS) is 13.1. The molecule has 1 unspecified atom stereocenters. The van der Waals surface area contributed by atoms with E-state index >= 15 is 0 Å². The molecule has 0 aliphatic heterocycles. The molecule has 0 saturated carbocycles. The van der Waals surface area contributed by atoms with Gasteiger partial charge in [0.15, 0.2) is 0 Å². The predicted octanol–water partition coefficient (Wildman–Crippen LogP) is 2.32. The highest BCUT2D eigenvalue weighted by molar-refractivity contribution is 5.96. The third kappa shape index (κ3) is 3.74. The maximum absolute atomic E-state index is 12.1. The van der Waals surface area contributed by atoms with E-state index in [4.69, 9.17) is 4.42 Å². The van der Waals surface area contributed by atoms with E-state index in [1.165, 1.54) is 6.07 Å². The molecule has 5 heteroatoms. The zero-order chi connectivity index (χ0) is 16.3. The summed E-state index contributed by atoms with van der Waals surface area (Å²) in [6.07, 6.45) is -0.102. The smallest absolute Gasteiger partial charge is 0.349 e. The second-order valence-electron chi connectivity index (χ2n) is 6.41. The van der Waals surface area contributed by atoms with Crippen LogP contribution in [0.25, 0.3) is 11.0 Å². The van der Waals surface area contributed by atoms with Crippen molar-refractivity contribution in [2.45, 2.75) is 33.3 Å². The van der Waals surface area contributed by atoms with E-state index in [0.29, 0.717) is 23.9 Å². The lowest BCUT2D eigenvalue weighted by Gasteiger charge is -2.25. The topological polar surface area (TPSA) is 79.5 Å². The zero-order valence-electron chi connectivity index (χ0n) is 13.1. The third-order valence-electron chi connectivity index (χ3n) is 3.59. The average Bonchev–Trinajstić information content (AvgIpc) is 2.45. The number of carbonyl (C=O) groups is 1. The molecule has 22 heavy (non-hydrogen) atoms. The first-order valence-corrected chi connectivity index (χ1v) is 7.28. The number of fused-ring (bicyclic) bond motifs is 1. The summed E-state index contributed by atoms with van der Waals surface area (Å²) in [5, 5.41) is 13.3. The Morgan fingerprint density at radius 1 is 1.32 bits per heavy atom. The van der Waals surface area contributed by atoms with Gasteiger partial charge in [-0.15, -0.1) is 0 Å². The number of aliphatic hydroxyl groups excluding tert-OH is 1. The van der Waals surface area contributed by atoms with Crippen LogP contribution in [0.15, 0.2) is 39.5 Å². The summed E-state index contributed by atoms with van der Waals surface area (Å²) in [6.45, 7) is 6.08. The Hall–Kier alpha value is -2.14. The van der Waals surface area contributed by atoms with Gasteiger partial charge in [0.1, 0.15) is 11.1 Å². The molecule has 0 bridgehead atoms. The van der Waals surface area contributed by atoms with Crippen molar-refractivity contribution in [3.8, 4) is 0 Å². The lowest BCUT2D eigenvalue weighted by atomic mass is 9.87. The van der Waals surface area contributed by atoms with Gasteiger partial charge in [0.2, 0.25) is 0 Å². The molecule has 1 atom stereocenters. The quantitative estimate of drug-likeness (QED) is 0.850. The van der Waals surface area contributed by atoms with Crippen LogP contribution in [-0.4, -0.2) is 23.7 Å². The van der Waals surface area contributed by atoms with Gasteiger partial charge in [-0.3, -0.25) is 4.79 Å². The third-order valence-corrected chi connectivity index (χ3v) is 3.59. The standard InChI is InChI=1S/C17H21NO4/c1-17(2,3)14(19)8-9-18-15(20)12-10-11-6-4-5-7-13(11)22-16(12)21/h4-7,10,14,19H,8-9H2,1-3H3,(H,18,20). The predicted molar refractivity (Wildman–Crippen MR) is 84.9 cm³/mol. The molecular formula is C17H21NO4. The van der Waals surface area contributed by atoms with Gasteiger partial charge in [0, 0.05) is 11.9 Å². The molecule has 0 radical (unpaired) electrons. The number of rotatable bonds is 4. The number of hydrogen-bond donors (Lipinski definition) is 2. The minimum Gasteiger partial charge on any atom is -0.422 e. The number of amides is 1. The molecule has 1 aromatic carbocycles. The van der Waals surface area contributed by atoms with Crippen LogP contribution in [0.3, 0.4) is 0 Å². The van der Waals surface area contributed by atoms with E-state index in [9.17, 15) is 14.7 Å². The van der Waals surface area contributed by atoms with Gasteiger partial charge in [0.25, 0.3) is 5.91 Å². The summed E-state index contributed by atoms with van der Waals surface area (Å²) >= 11 is 0. The first kappa shape index (κ1) is 16.2. The van der Waals surface area contributed by atoms with Gasteiger partial charge in [-0.25, -0.2) is 4.79 Å². The second-order valence-corrected chi connectivity index (χ2v) is 6.41. The minimum atomic E-state index is -0.660. The zero-order valence-corrected chi connectivity index (χ0v) is 13.1. The van der Waals surface area contributed by atoms with Crippen molar-refractivity contribution in [1.29, 1.82) is 0 Å². The van der Waals surface area contributed by atoms with Gasteiger partial charge in [0.05, 0.1) is 6.10 Å². The van der Waals surface area contributed by atoms with Crippen molar-refractivity contribution in [3.05, 3.63) is 46.3 Å². The summed E-state index contributed by atoms with van der Waals surface area (Å²) in [6, 6.07) is 8.55. The van der Waals surface area contributed by atoms with Gasteiger partial charge in [-0.1, -0.05) is 39.0 Å². The largest absolute Gasteiger partial charge is 0.422 e. The van der Waals surface area contributed by atoms with Gasteiger partial charge < -0.3 is 14.8 Å². The molecule has 0 saturated heterocycles. The van der Waals surface area contributed by atoms with Crippen LogP contribution in [0.2, 0.25) is 0 Å². The van der Waals surface area contributed by atoms with Crippen molar-refractivity contribution in [2.24, 2.45) is 5.41 Å². The summed E-state index contributed by atoms with van der Waals surface area (Å²) in [5.74, 6) is -0.486. The SMILES string of the molecule is CC(C)(C)C(O)CCNC(=O)c1cc2ccccc2oc1=O. The molecule has 1 aromatic heterocycles. The molecule has 0 aliphatic carbocycles.